The van der Waals surface area contributed by atoms with Gasteiger partial charge in [-0.3, -0.25) is 9.80 Å². The van der Waals surface area contributed by atoms with Gasteiger partial charge in [0.15, 0.2) is 0 Å². The molecule has 2 fully saturated rings. The number of hydrogen-bond donors (Lipinski definition) is 1. The predicted molar refractivity (Wildman–Crippen MR) is 59.3 cm³/mol. The fourth-order valence-electron chi connectivity index (χ4n) is 2.47. The van der Waals surface area contributed by atoms with E-state index < -0.39 is 0 Å². The van der Waals surface area contributed by atoms with Crippen LogP contribution in [0.3, 0.4) is 0 Å². The van der Waals surface area contributed by atoms with E-state index in [9.17, 15) is 0 Å². The normalized spacial score (nSPS) is 28.7. The van der Waals surface area contributed by atoms with Gasteiger partial charge < -0.3 is 5.73 Å². The highest BCUT2D eigenvalue weighted by molar-refractivity contribution is 4.84. The van der Waals surface area contributed by atoms with Crippen molar-refractivity contribution in [3.63, 3.8) is 0 Å². The van der Waals surface area contributed by atoms with Gasteiger partial charge in [0.05, 0.1) is 0 Å². The Morgan fingerprint density at radius 1 is 1.21 bits per heavy atom. The molecule has 1 atom stereocenters. The molecule has 1 aliphatic carbocycles. The van der Waals surface area contributed by atoms with Crippen molar-refractivity contribution < 1.29 is 0 Å². The maximum absolute atomic E-state index is 5.80. The SMILES string of the molecule is C[C@H](N)CN1CCN(C2CCC2)CC1. The molecule has 1 saturated heterocycles. The molecule has 3 heteroatoms. The molecule has 2 rings (SSSR count). The van der Waals surface area contributed by atoms with Crippen molar-refractivity contribution in [1.29, 1.82) is 0 Å². The Bertz CT molecular complexity index is 169. The van der Waals surface area contributed by atoms with Gasteiger partial charge in [0.2, 0.25) is 0 Å². The van der Waals surface area contributed by atoms with Crippen molar-refractivity contribution in [2.24, 2.45) is 5.73 Å². The Hall–Kier alpha value is -0.120. The van der Waals surface area contributed by atoms with E-state index in [0.29, 0.717) is 6.04 Å². The Balaban J connectivity index is 1.69. The summed E-state index contributed by atoms with van der Waals surface area (Å²) in [6.07, 6.45) is 4.32. The molecule has 14 heavy (non-hydrogen) atoms. The first-order valence-corrected chi connectivity index (χ1v) is 5.97. The van der Waals surface area contributed by atoms with Crippen molar-refractivity contribution in [1.82, 2.24) is 9.80 Å². The van der Waals surface area contributed by atoms with E-state index in [4.69, 9.17) is 5.73 Å². The first kappa shape index (κ1) is 10.4. The molecule has 0 unspecified atom stereocenters. The molecule has 0 bridgehead atoms. The number of piperazine rings is 1. The second-order valence-corrected chi connectivity index (χ2v) is 4.90. The fraction of sp³-hybridized carbons (Fsp3) is 1.00. The largest absolute Gasteiger partial charge is 0.327 e. The fourth-order valence-corrected chi connectivity index (χ4v) is 2.47. The Labute approximate surface area is 87.2 Å². The molecule has 3 nitrogen and oxygen atoms in total. The average Bonchev–Trinajstić information content (AvgIpc) is 2.04. The van der Waals surface area contributed by atoms with Crippen molar-refractivity contribution in [2.45, 2.75) is 38.3 Å². The molecule has 0 aromatic carbocycles. The van der Waals surface area contributed by atoms with Crippen LogP contribution in [0.25, 0.3) is 0 Å². The van der Waals surface area contributed by atoms with Crippen LogP contribution in [-0.4, -0.2) is 54.6 Å². The van der Waals surface area contributed by atoms with Crippen LogP contribution in [0.2, 0.25) is 0 Å². The van der Waals surface area contributed by atoms with Crippen LogP contribution in [0.1, 0.15) is 26.2 Å². The molecule has 2 N–H and O–H groups in total. The van der Waals surface area contributed by atoms with E-state index in [2.05, 4.69) is 16.7 Å². The van der Waals surface area contributed by atoms with Gasteiger partial charge in [-0.25, -0.2) is 0 Å². The van der Waals surface area contributed by atoms with E-state index in [1.165, 1.54) is 45.4 Å². The zero-order valence-corrected chi connectivity index (χ0v) is 9.28. The lowest BCUT2D eigenvalue weighted by Crippen LogP contribution is -2.53. The number of nitrogens with zero attached hydrogens (tertiary/aromatic N) is 2. The summed E-state index contributed by atoms with van der Waals surface area (Å²) in [5.41, 5.74) is 5.80. The molecule has 0 radical (unpaired) electrons. The molecule has 1 heterocycles. The number of rotatable bonds is 3. The molecule has 0 aromatic rings. The highest BCUT2D eigenvalue weighted by Crippen LogP contribution is 2.25. The van der Waals surface area contributed by atoms with Crippen LogP contribution >= 0.6 is 0 Å². The molecule has 1 saturated carbocycles. The molecule has 1 aliphatic heterocycles. The van der Waals surface area contributed by atoms with E-state index in [1.54, 1.807) is 0 Å². The summed E-state index contributed by atoms with van der Waals surface area (Å²) in [6, 6.07) is 1.25. The van der Waals surface area contributed by atoms with Crippen molar-refractivity contribution >= 4 is 0 Å². The molecular weight excluding hydrogens is 174 g/mol. The van der Waals surface area contributed by atoms with Gasteiger partial charge in [-0.15, -0.1) is 0 Å². The third kappa shape index (κ3) is 2.47. The summed E-state index contributed by atoms with van der Waals surface area (Å²) in [5, 5.41) is 0. The minimum absolute atomic E-state index is 0.324. The minimum Gasteiger partial charge on any atom is -0.327 e. The van der Waals surface area contributed by atoms with Crippen LogP contribution < -0.4 is 5.73 Å². The van der Waals surface area contributed by atoms with Crippen LogP contribution in [0, 0.1) is 0 Å². The number of nitrogens with two attached hydrogens (primary N) is 1. The van der Waals surface area contributed by atoms with Crippen LogP contribution in [0.4, 0.5) is 0 Å². The van der Waals surface area contributed by atoms with Crippen LogP contribution in [0.15, 0.2) is 0 Å². The summed E-state index contributed by atoms with van der Waals surface area (Å²) in [7, 11) is 0. The summed E-state index contributed by atoms with van der Waals surface area (Å²) in [5.74, 6) is 0. The smallest absolute Gasteiger partial charge is 0.0139 e. The lowest BCUT2D eigenvalue weighted by atomic mass is 9.91. The lowest BCUT2D eigenvalue weighted by molar-refractivity contribution is 0.0601. The highest BCUT2D eigenvalue weighted by atomic mass is 15.3. The predicted octanol–water partition coefficient (Wildman–Crippen LogP) is 0.504. The maximum Gasteiger partial charge on any atom is 0.0139 e. The Morgan fingerprint density at radius 3 is 2.29 bits per heavy atom. The van der Waals surface area contributed by atoms with Gasteiger partial charge in [-0.05, 0) is 19.8 Å². The first-order chi connectivity index (χ1) is 6.75. The lowest BCUT2D eigenvalue weighted by Gasteiger charge is -2.43. The van der Waals surface area contributed by atoms with Crippen LogP contribution in [0.5, 0.6) is 0 Å². The summed E-state index contributed by atoms with van der Waals surface area (Å²) in [4.78, 5) is 5.17. The zero-order valence-electron chi connectivity index (χ0n) is 9.28. The third-order valence-electron chi connectivity index (χ3n) is 3.54. The van der Waals surface area contributed by atoms with E-state index >= 15 is 0 Å². The standard InChI is InChI=1S/C11H23N3/c1-10(12)9-13-5-7-14(8-6-13)11-3-2-4-11/h10-11H,2-9,12H2,1H3/t10-/m0/s1. The van der Waals surface area contributed by atoms with Gasteiger partial charge >= 0.3 is 0 Å². The van der Waals surface area contributed by atoms with Gasteiger partial charge in [0, 0.05) is 44.8 Å². The first-order valence-electron chi connectivity index (χ1n) is 5.97. The molecular formula is C11H23N3. The van der Waals surface area contributed by atoms with Gasteiger partial charge in [-0.2, -0.15) is 0 Å². The molecule has 82 valence electrons. The van der Waals surface area contributed by atoms with Crippen molar-refractivity contribution in [3.8, 4) is 0 Å². The van der Waals surface area contributed by atoms with Gasteiger partial charge in [-0.1, -0.05) is 6.42 Å². The molecule has 0 aromatic heterocycles. The number of hydrogen-bond acceptors (Lipinski definition) is 3. The van der Waals surface area contributed by atoms with Crippen molar-refractivity contribution in [3.05, 3.63) is 0 Å². The maximum atomic E-state index is 5.80. The minimum atomic E-state index is 0.324. The third-order valence-corrected chi connectivity index (χ3v) is 3.54. The summed E-state index contributed by atoms with van der Waals surface area (Å²) in [6.45, 7) is 8.13. The second kappa shape index (κ2) is 4.60. The van der Waals surface area contributed by atoms with E-state index in [0.717, 1.165) is 12.6 Å². The van der Waals surface area contributed by atoms with Crippen LogP contribution in [-0.2, 0) is 0 Å². The Morgan fingerprint density at radius 2 is 1.86 bits per heavy atom. The van der Waals surface area contributed by atoms with Gasteiger partial charge in [0.1, 0.15) is 0 Å². The zero-order chi connectivity index (χ0) is 9.97. The topological polar surface area (TPSA) is 32.5 Å². The second-order valence-electron chi connectivity index (χ2n) is 4.90. The molecule has 2 aliphatic rings. The monoisotopic (exact) mass is 197 g/mol. The van der Waals surface area contributed by atoms with E-state index in [1.807, 2.05) is 0 Å². The average molecular weight is 197 g/mol. The summed E-state index contributed by atoms with van der Waals surface area (Å²) >= 11 is 0. The molecule has 0 amide bonds. The molecule has 0 spiro atoms. The van der Waals surface area contributed by atoms with Gasteiger partial charge in [0.25, 0.3) is 0 Å². The summed E-state index contributed by atoms with van der Waals surface area (Å²) < 4.78 is 0. The van der Waals surface area contributed by atoms with Crippen molar-refractivity contribution in [2.75, 3.05) is 32.7 Å². The van der Waals surface area contributed by atoms with E-state index in [-0.39, 0.29) is 0 Å². The Kier molecular flexibility index (Phi) is 3.42. The quantitative estimate of drug-likeness (QED) is 0.715. The highest BCUT2D eigenvalue weighted by Gasteiger charge is 2.27.